The number of carbonyl (C=O) groups is 1. The van der Waals surface area contributed by atoms with Gasteiger partial charge < -0.3 is 15.1 Å². The minimum atomic E-state index is -0.270. The summed E-state index contributed by atoms with van der Waals surface area (Å²) in [4.78, 5) is 21.1. The molecule has 0 aliphatic heterocycles. The number of aromatic nitrogens is 2. The molecule has 0 fully saturated rings. The first kappa shape index (κ1) is 17.7. The first-order valence-corrected chi connectivity index (χ1v) is 8.54. The van der Waals surface area contributed by atoms with Crippen LogP contribution in [0.25, 0.3) is 0 Å². The van der Waals surface area contributed by atoms with Crippen LogP contribution in [0.3, 0.4) is 0 Å². The van der Waals surface area contributed by atoms with Crippen LogP contribution in [0.5, 0.6) is 0 Å². The lowest BCUT2D eigenvalue weighted by atomic mass is 10.0. The van der Waals surface area contributed by atoms with Crippen molar-refractivity contribution in [1.82, 2.24) is 9.97 Å². The molecule has 0 bridgehead atoms. The molecular weight excluding hydrogens is 328 g/mol. The predicted octanol–water partition coefficient (Wildman–Crippen LogP) is 4.37. The molecule has 6 heteroatoms. The molecule has 0 spiro atoms. The summed E-state index contributed by atoms with van der Waals surface area (Å²) in [7, 11) is 0. The van der Waals surface area contributed by atoms with Crippen molar-refractivity contribution in [3.05, 3.63) is 71.6 Å². The molecule has 2 heterocycles. The van der Waals surface area contributed by atoms with E-state index in [4.69, 9.17) is 4.42 Å². The molecule has 0 atom stereocenters. The van der Waals surface area contributed by atoms with Crippen molar-refractivity contribution in [3.63, 3.8) is 0 Å². The third-order valence-electron chi connectivity index (χ3n) is 3.93. The summed E-state index contributed by atoms with van der Waals surface area (Å²) in [5.74, 6) is 2.07. The van der Waals surface area contributed by atoms with Gasteiger partial charge in [-0.05, 0) is 42.7 Å². The number of nitrogens with zero attached hydrogens (tertiary/aromatic N) is 2. The van der Waals surface area contributed by atoms with E-state index in [1.165, 1.54) is 5.56 Å². The number of benzene rings is 1. The Balaban J connectivity index is 1.70. The lowest BCUT2D eigenvalue weighted by Crippen LogP contribution is -2.15. The predicted molar refractivity (Wildman–Crippen MR) is 101 cm³/mol. The van der Waals surface area contributed by atoms with Gasteiger partial charge in [-0.15, -0.1) is 0 Å². The average Bonchev–Trinajstić information content (AvgIpc) is 3.13. The van der Waals surface area contributed by atoms with Gasteiger partial charge >= 0.3 is 0 Å². The number of rotatable bonds is 6. The second-order valence-electron chi connectivity index (χ2n) is 6.35. The Morgan fingerprint density at radius 1 is 1.15 bits per heavy atom. The zero-order valence-corrected chi connectivity index (χ0v) is 15.1. The van der Waals surface area contributed by atoms with Crippen LogP contribution >= 0.6 is 0 Å². The zero-order valence-electron chi connectivity index (χ0n) is 15.1. The summed E-state index contributed by atoms with van der Waals surface area (Å²) in [6, 6.07) is 13.2. The molecule has 3 rings (SSSR count). The molecule has 2 aromatic heterocycles. The third kappa shape index (κ3) is 4.47. The molecule has 0 saturated carbocycles. The molecule has 6 nitrogen and oxygen atoms in total. The van der Waals surface area contributed by atoms with E-state index in [1.807, 2.05) is 36.4 Å². The topological polar surface area (TPSA) is 80.0 Å². The van der Waals surface area contributed by atoms with Gasteiger partial charge in [-0.25, -0.2) is 9.97 Å². The van der Waals surface area contributed by atoms with Gasteiger partial charge in [-0.1, -0.05) is 26.0 Å². The molecular formula is C20H22N4O2. The molecule has 2 N–H and O–H groups in total. The van der Waals surface area contributed by atoms with Gasteiger partial charge in [-0.3, -0.25) is 4.79 Å². The van der Waals surface area contributed by atoms with Crippen molar-refractivity contribution in [2.75, 3.05) is 10.6 Å². The van der Waals surface area contributed by atoms with Crippen LogP contribution in [-0.4, -0.2) is 15.9 Å². The maximum atomic E-state index is 12.5. The second-order valence-corrected chi connectivity index (χ2v) is 6.35. The quantitative estimate of drug-likeness (QED) is 0.690. The Hall–Kier alpha value is -3.15. The standard InChI is InChI=1S/C20H22N4O2/c1-13(2)15-6-8-16(9-7-15)24-20(25)18-11-19(23-14(3)22-18)21-12-17-5-4-10-26-17/h4-11,13H,12H2,1-3H3,(H,24,25)(H,21,22,23). The highest BCUT2D eigenvalue weighted by Crippen LogP contribution is 2.18. The van der Waals surface area contributed by atoms with E-state index in [0.717, 1.165) is 11.4 Å². The summed E-state index contributed by atoms with van der Waals surface area (Å²) in [5, 5.41) is 6.02. The number of furan rings is 1. The van der Waals surface area contributed by atoms with Gasteiger partial charge in [0.2, 0.25) is 0 Å². The van der Waals surface area contributed by atoms with Gasteiger partial charge in [0, 0.05) is 11.8 Å². The molecule has 0 radical (unpaired) electrons. The molecule has 134 valence electrons. The molecule has 0 saturated heterocycles. The lowest BCUT2D eigenvalue weighted by Gasteiger charge is -2.10. The van der Waals surface area contributed by atoms with Crippen LogP contribution in [0.15, 0.2) is 53.1 Å². The van der Waals surface area contributed by atoms with Crippen LogP contribution in [0.2, 0.25) is 0 Å². The highest BCUT2D eigenvalue weighted by atomic mass is 16.3. The van der Waals surface area contributed by atoms with Crippen LogP contribution in [0.1, 0.15) is 47.4 Å². The number of hydrogen-bond acceptors (Lipinski definition) is 5. The maximum absolute atomic E-state index is 12.5. The Morgan fingerprint density at radius 3 is 2.58 bits per heavy atom. The lowest BCUT2D eigenvalue weighted by molar-refractivity contribution is 0.102. The Morgan fingerprint density at radius 2 is 1.92 bits per heavy atom. The summed E-state index contributed by atoms with van der Waals surface area (Å²) in [6.07, 6.45) is 1.62. The summed E-state index contributed by atoms with van der Waals surface area (Å²) in [5.41, 5.74) is 2.28. The van der Waals surface area contributed by atoms with E-state index >= 15 is 0 Å². The van der Waals surface area contributed by atoms with Crippen LogP contribution in [-0.2, 0) is 6.54 Å². The molecule has 0 aliphatic rings. The molecule has 0 aliphatic carbocycles. The summed E-state index contributed by atoms with van der Waals surface area (Å²) < 4.78 is 5.28. The number of amides is 1. The minimum absolute atomic E-state index is 0.270. The molecule has 0 unspecified atom stereocenters. The van der Waals surface area contributed by atoms with Gasteiger partial charge in [-0.2, -0.15) is 0 Å². The van der Waals surface area contributed by atoms with Crippen molar-refractivity contribution < 1.29 is 9.21 Å². The van der Waals surface area contributed by atoms with Crippen molar-refractivity contribution >= 4 is 17.4 Å². The average molecular weight is 350 g/mol. The fourth-order valence-electron chi connectivity index (χ4n) is 2.51. The molecule has 1 aromatic carbocycles. The van der Waals surface area contributed by atoms with E-state index in [1.54, 1.807) is 19.3 Å². The van der Waals surface area contributed by atoms with Crippen LogP contribution < -0.4 is 10.6 Å². The Labute approximate surface area is 152 Å². The fourth-order valence-corrected chi connectivity index (χ4v) is 2.51. The second kappa shape index (κ2) is 7.82. The van der Waals surface area contributed by atoms with E-state index in [-0.39, 0.29) is 5.91 Å². The van der Waals surface area contributed by atoms with Gasteiger partial charge in [0.25, 0.3) is 5.91 Å². The van der Waals surface area contributed by atoms with Crippen LogP contribution in [0, 0.1) is 6.92 Å². The van der Waals surface area contributed by atoms with Crippen molar-refractivity contribution in [3.8, 4) is 0 Å². The third-order valence-corrected chi connectivity index (χ3v) is 3.93. The van der Waals surface area contributed by atoms with E-state index in [2.05, 4.69) is 34.4 Å². The monoisotopic (exact) mass is 350 g/mol. The van der Waals surface area contributed by atoms with E-state index < -0.39 is 0 Å². The van der Waals surface area contributed by atoms with Crippen molar-refractivity contribution in [2.24, 2.45) is 0 Å². The summed E-state index contributed by atoms with van der Waals surface area (Å²) in [6.45, 7) is 6.51. The number of aryl methyl sites for hydroxylation is 1. The minimum Gasteiger partial charge on any atom is -0.467 e. The molecule has 1 amide bonds. The molecule has 26 heavy (non-hydrogen) atoms. The zero-order chi connectivity index (χ0) is 18.5. The van der Waals surface area contributed by atoms with Crippen LogP contribution in [0.4, 0.5) is 11.5 Å². The van der Waals surface area contributed by atoms with Gasteiger partial charge in [0.05, 0.1) is 12.8 Å². The highest BCUT2D eigenvalue weighted by Gasteiger charge is 2.11. The number of hydrogen-bond donors (Lipinski definition) is 2. The number of anilines is 2. The van der Waals surface area contributed by atoms with Gasteiger partial charge in [0.15, 0.2) is 0 Å². The summed E-state index contributed by atoms with van der Waals surface area (Å²) >= 11 is 0. The smallest absolute Gasteiger partial charge is 0.274 e. The van der Waals surface area contributed by atoms with Gasteiger partial charge in [0.1, 0.15) is 23.1 Å². The Bertz CT molecular complexity index is 871. The number of nitrogens with one attached hydrogen (secondary N) is 2. The van der Waals surface area contributed by atoms with E-state index in [0.29, 0.717) is 29.8 Å². The van der Waals surface area contributed by atoms with Crippen molar-refractivity contribution in [2.45, 2.75) is 33.2 Å². The maximum Gasteiger partial charge on any atom is 0.274 e. The normalized spacial score (nSPS) is 10.8. The largest absolute Gasteiger partial charge is 0.467 e. The van der Waals surface area contributed by atoms with Crippen molar-refractivity contribution in [1.29, 1.82) is 0 Å². The molecule has 3 aromatic rings. The first-order valence-electron chi connectivity index (χ1n) is 8.54. The SMILES string of the molecule is Cc1nc(NCc2ccco2)cc(C(=O)Nc2ccc(C(C)C)cc2)n1. The highest BCUT2D eigenvalue weighted by molar-refractivity contribution is 6.03. The fraction of sp³-hybridized carbons (Fsp3) is 0.250. The Kier molecular flexibility index (Phi) is 5.31. The first-order chi connectivity index (χ1) is 12.5. The number of carbonyl (C=O) groups excluding carboxylic acids is 1. The van der Waals surface area contributed by atoms with E-state index in [9.17, 15) is 4.79 Å².